The summed E-state index contributed by atoms with van der Waals surface area (Å²) in [6.07, 6.45) is 2.21. The van der Waals surface area contributed by atoms with Gasteiger partial charge in [0.25, 0.3) is 0 Å². The van der Waals surface area contributed by atoms with E-state index in [9.17, 15) is 0 Å². The van der Waals surface area contributed by atoms with Crippen molar-refractivity contribution in [1.82, 2.24) is 5.32 Å². The van der Waals surface area contributed by atoms with E-state index in [4.69, 9.17) is 4.42 Å². The zero-order valence-electron chi connectivity index (χ0n) is 7.17. The summed E-state index contributed by atoms with van der Waals surface area (Å²) in [6, 6.07) is 4.64. The van der Waals surface area contributed by atoms with Crippen molar-refractivity contribution in [3.8, 4) is 0 Å². The van der Waals surface area contributed by atoms with E-state index in [0.29, 0.717) is 6.04 Å². The molecule has 1 fully saturated rings. The van der Waals surface area contributed by atoms with Gasteiger partial charge in [-0.2, -0.15) is 0 Å². The lowest BCUT2D eigenvalue weighted by molar-refractivity contribution is 0.311. The van der Waals surface area contributed by atoms with Gasteiger partial charge in [-0.05, 0) is 25.1 Å². The Morgan fingerprint density at radius 3 is 2.75 bits per heavy atom. The van der Waals surface area contributed by atoms with E-state index in [1.165, 1.54) is 6.42 Å². The van der Waals surface area contributed by atoms with Gasteiger partial charge in [0.2, 0.25) is 0 Å². The second-order valence-corrected chi connectivity index (χ2v) is 2.95. The van der Waals surface area contributed by atoms with Crippen molar-refractivity contribution in [2.24, 2.45) is 0 Å². The lowest BCUT2D eigenvalue weighted by atomic mass is 10.1. The molecule has 1 aromatic heterocycles. The first-order valence-corrected chi connectivity index (χ1v) is 4.22. The molecule has 2 nitrogen and oxygen atoms in total. The summed E-state index contributed by atoms with van der Waals surface area (Å²) in [7, 11) is 0. The normalized spacial score (nSPS) is 21.2. The predicted octanol–water partition coefficient (Wildman–Crippen LogP) is 2.30. The lowest BCUT2D eigenvalue weighted by Gasteiger charge is -2.25. The average Bonchev–Trinajstić information content (AvgIpc) is 2.32. The summed E-state index contributed by atoms with van der Waals surface area (Å²) in [4.78, 5) is 0. The van der Waals surface area contributed by atoms with Crippen LogP contribution >= 0.6 is 12.4 Å². The molecule has 2 heterocycles. The highest BCUT2D eigenvalue weighted by Crippen LogP contribution is 2.24. The molecule has 0 aromatic carbocycles. The zero-order chi connectivity index (χ0) is 7.68. The van der Waals surface area contributed by atoms with Crippen molar-refractivity contribution >= 4 is 12.4 Å². The van der Waals surface area contributed by atoms with Crippen LogP contribution in [0.25, 0.3) is 0 Å². The Kier molecular flexibility index (Phi) is 3.18. The van der Waals surface area contributed by atoms with Crippen LogP contribution in [-0.2, 0) is 6.42 Å². The van der Waals surface area contributed by atoms with Crippen LogP contribution in [0.5, 0.6) is 0 Å². The molecular weight excluding hydrogens is 174 g/mol. The number of furan rings is 1. The highest BCUT2D eigenvalue weighted by molar-refractivity contribution is 5.85. The molecule has 1 saturated heterocycles. The highest BCUT2D eigenvalue weighted by atomic mass is 35.5. The van der Waals surface area contributed by atoms with Gasteiger partial charge in [-0.3, -0.25) is 0 Å². The fourth-order valence-electron chi connectivity index (χ4n) is 1.30. The van der Waals surface area contributed by atoms with Crippen LogP contribution < -0.4 is 5.32 Å². The minimum atomic E-state index is 0. The van der Waals surface area contributed by atoms with E-state index in [-0.39, 0.29) is 12.4 Å². The van der Waals surface area contributed by atoms with Crippen molar-refractivity contribution < 1.29 is 4.42 Å². The van der Waals surface area contributed by atoms with Gasteiger partial charge in [-0.25, -0.2) is 0 Å². The molecule has 1 aliphatic heterocycles. The maximum Gasteiger partial charge on any atom is 0.121 e. The molecule has 0 aliphatic carbocycles. The highest BCUT2D eigenvalue weighted by Gasteiger charge is 2.21. The Labute approximate surface area is 78.7 Å². The van der Waals surface area contributed by atoms with Gasteiger partial charge in [-0.15, -0.1) is 12.4 Å². The zero-order valence-corrected chi connectivity index (χ0v) is 7.99. The van der Waals surface area contributed by atoms with Crippen LogP contribution in [0, 0.1) is 0 Å². The third-order valence-electron chi connectivity index (χ3n) is 2.20. The first kappa shape index (κ1) is 9.62. The number of nitrogens with one attached hydrogen (secondary N) is 1. The first-order chi connectivity index (χ1) is 5.40. The molecule has 0 bridgehead atoms. The van der Waals surface area contributed by atoms with E-state index >= 15 is 0 Å². The SMILES string of the molecule is CCc1ccc([C@H]2CCN2)o1.Cl. The molecule has 1 N–H and O–H groups in total. The molecule has 12 heavy (non-hydrogen) atoms. The van der Waals surface area contributed by atoms with Crippen LogP contribution in [0.3, 0.4) is 0 Å². The number of hydrogen-bond acceptors (Lipinski definition) is 2. The van der Waals surface area contributed by atoms with Crippen molar-refractivity contribution in [3.63, 3.8) is 0 Å². The second-order valence-electron chi connectivity index (χ2n) is 2.95. The van der Waals surface area contributed by atoms with E-state index in [1.54, 1.807) is 0 Å². The Bertz CT molecular complexity index is 242. The molecule has 0 radical (unpaired) electrons. The standard InChI is InChI=1S/C9H13NO.ClH/c1-2-7-3-4-9(11-7)8-5-6-10-8;/h3-4,8,10H,2,5-6H2,1H3;1H/t8-;/m1./s1. The minimum Gasteiger partial charge on any atom is -0.464 e. The van der Waals surface area contributed by atoms with Crippen LogP contribution in [0.1, 0.15) is 30.9 Å². The fraction of sp³-hybridized carbons (Fsp3) is 0.556. The number of halogens is 1. The van der Waals surface area contributed by atoms with Crippen LogP contribution in [0.2, 0.25) is 0 Å². The number of hydrogen-bond donors (Lipinski definition) is 1. The summed E-state index contributed by atoms with van der Waals surface area (Å²) in [5.41, 5.74) is 0. The fourth-order valence-corrected chi connectivity index (χ4v) is 1.30. The van der Waals surface area contributed by atoms with Gasteiger partial charge in [0.15, 0.2) is 0 Å². The predicted molar refractivity (Wildman–Crippen MR) is 50.7 cm³/mol. The first-order valence-electron chi connectivity index (χ1n) is 4.22. The van der Waals surface area contributed by atoms with Gasteiger partial charge in [-0.1, -0.05) is 6.92 Å². The maximum absolute atomic E-state index is 5.57. The van der Waals surface area contributed by atoms with Gasteiger partial charge in [0, 0.05) is 6.42 Å². The molecule has 0 saturated carbocycles. The molecule has 0 amide bonds. The minimum absolute atomic E-state index is 0. The van der Waals surface area contributed by atoms with Crippen LogP contribution in [-0.4, -0.2) is 6.54 Å². The summed E-state index contributed by atoms with van der Waals surface area (Å²) in [6.45, 7) is 3.24. The molecule has 68 valence electrons. The van der Waals surface area contributed by atoms with Gasteiger partial charge in [0.1, 0.15) is 11.5 Å². The Morgan fingerprint density at radius 1 is 1.58 bits per heavy atom. The third-order valence-corrected chi connectivity index (χ3v) is 2.20. The third kappa shape index (κ3) is 1.65. The van der Waals surface area contributed by atoms with Crippen LogP contribution in [0.4, 0.5) is 0 Å². The van der Waals surface area contributed by atoms with Crippen molar-refractivity contribution in [1.29, 1.82) is 0 Å². The molecule has 0 unspecified atom stereocenters. The molecule has 1 aromatic rings. The average molecular weight is 188 g/mol. The monoisotopic (exact) mass is 187 g/mol. The quantitative estimate of drug-likeness (QED) is 0.769. The van der Waals surface area contributed by atoms with Gasteiger partial charge >= 0.3 is 0 Å². The smallest absolute Gasteiger partial charge is 0.121 e. The molecule has 0 spiro atoms. The molecule has 3 heteroatoms. The Balaban J connectivity index is 0.000000720. The maximum atomic E-state index is 5.57. The topological polar surface area (TPSA) is 25.2 Å². The molecule has 2 rings (SSSR count). The van der Waals surface area contributed by atoms with Gasteiger partial charge in [0.05, 0.1) is 6.04 Å². The summed E-state index contributed by atoms with van der Waals surface area (Å²) < 4.78 is 5.57. The van der Waals surface area contributed by atoms with E-state index in [0.717, 1.165) is 24.5 Å². The largest absolute Gasteiger partial charge is 0.464 e. The molecule has 1 atom stereocenters. The van der Waals surface area contributed by atoms with E-state index < -0.39 is 0 Å². The van der Waals surface area contributed by atoms with E-state index in [2.05, 4.69) is 24.4 Å². The molecular formula is C9H14ClNO. The van der Waals surface area contributed by atoms with Crippen molar-refractivity contribution in [2.45, 2.75) is 25.8 Å². The van der Waals surface area contributed by atoms with Crippen molar-refractivity contribution in [2.75, 3.05) is 6.54 Å². The number of aryl methyl sites for hydroxylation is 1. The van der Waals surface area contributed by atoms with E-state index in [1.807, 2.05) is 0 Å². The van der Waals surface area contributed by atoms with Gasteiger partial charge < -0.3 is 9.73 Å². The summed E-state index contributed by atoms with van der Waals surface area (Å²) >= 11 is 0. The Hall–Kier alpha value is -0.470. The lowest BCUT2D eigenvalue weighted by Crippen LogP contribution is -2.34. The summed E-state index contributed by atoms with van der Waals surface area (Å²) in [5.74, 6) is 2.20. The second kappa shape index (κ2) is 3.97. The summed E-state index contributed by atoms with van der Waals surface area (Å²) in [5, 5.41) is 3.31. The molecule has 1 aliphatic rings. The van der Waals surface area contributed by atoms with Crippen molar-refractivity contribution in [3.05, 3.63) is 23.7 Å². The Morgan fingerprint density at radius 2 is 2.33 bits per heavy atom. The number of rotatable bonds is 2. The van der Waals surface area contributed by atoms with Crippen LogP contribution in [0.15, 0.2) is 16.5 Å².